The third-order valence-electron chi connectivity index (χ3n) is 6.88. The van der Waals surface area contributed by atoms with Gasteiger partial charge in [-0.2, -0.15) is 0 Å². The normalized spacial score (nSPS) is 11.7. The van der Waals surface area contributed by atoms with Crippen LogP contribution in [0, 0.1) is 20.8 Å². The van der Waals surface area contributed by atoms with Gasteiger partial charge in [0.15, 0.2) is 0 Å². The van der Waals surface area contributed by atoms with E-state index in [1.165, 1.54) is 25.1 Å². The molecule has 4 rings (SSSR count). The molecule has 0 aliphatic carbocycles. The maximum Gasteiger partial charge on any atom is 0.276 e. The van der Waals surface area contributed by atoms with Crippen LogP contribution >= 0.6 is 0 Å². The zero-order chi connectivity index (χ0) is 28.3. The first-order valence-corrected chi connectivity index (χ1v) is 12.9. The van der Waals surface area contributed by atoms with Crippen molar-refractivity contribution in [3.63, 3.8) is 0 Å². The molecular weight excluding hydrogens is 496 g/mol. The second kappa shape index (κ2) is 11.2. The summed E-state index contributed by atoms with van der Waals surface area (Å²) in [6.45, 7) is 9.20. The molecule has 202 valence electrons. The fourth-order valence-corrected chi connectivity index (χ4v) is 4.81. The van der Waals surface area contributed by atoms with Gasteiger partial charge in [-0.25, -0.2) is 13.8 Å². The lowest BCUT2D eigenvalue weighted by Crippen LogP contribution is -2.16. The molecule has 0 aliphatic heterocycles. The number of carbonyl (C=O) groups excluding carboxylic acids is 1. The maximum absolute atomic E-state index is 14.2. The number of benzene rings is 3. The van der Waals surface area contributed by atoms with Gasteiger partial charge in [-0.05, 0) is 68.1 Å². The van der Waals surface area contributed by atoms with Crippen LogP contribution in [0.5, 0.6) is 5.75 Å². The lowest BCUT2D eigenvalue weighted by Gasteiger charge is -2.19. The van der Waals surface area contributed by atoms with E-state index in [0.717, 1.165) is 39.1 Å². The van der Waals surface area contributed by atoms with Crippen molar-refractivity contribution in [2.75, 3.05) is 12.4 Å². The lowest BCUT2D eigenvalue weighted by molar-refractivity contribution is -0.00824. The largest absolute Gasteiger partial charge is 0.496 e. The molecule has 0 atom stereocenters. The molecule has 3 aromatic carbocycles. The summed E-state index contributed by atoms with van der Waals surface area (Å²) in [5, 5.41) is 2.73. The van der Waals surface area contributed by atoms with E-state index in [-0.39, 0.29) is 23.4 Å². The van der Waals surface area contributed by atoms with Gasteiger partial charge < -0.3 is 15.0 Å². The number of nitrogens with one attached hydrogen (secondary N) is 2. The molecule has 1 amide bonds. The Bertz CT molecular complexity index is 1550. The van der Waals surface area contributed by atoms with Crippen LogP contribution in [0.1, 0.15) is 58.7 Å². The minimum atomic E-state index is -2.97. The average Bonchev–Trinajstić information content (AvgIpc) is 3.30. The Labute approximate surface area is 228 Å². The highest BCUT2D eigenvalue weighted by Gasteiger charge is 2.29. The van der Waals surface area contributed by atoms with Gasteiger partial charge in [0.1, 0.15) is 17.3 Å². The molecular formula is C32H33F2N3O2. The first-order valence-electron chi connectivity index (χ1n) is 12.9. The number of hydrogen-bond donors (Lipinski definition) is 2. The molecule has 0 unspecified atom stereocenters. The highest BCUT2D eigenvalue weighted by Crippen LogP contribution is 2.42. The number of hydrogen-bond acceptors (Lipinski definition) is 3. The van der Waals surface area contributed by atoms with Crippen LogP contribution in [0.4, 0.5) is 14.5 Å². The van der Waals surface area contributed by atoms with Crippen molar-refractivity contribution in [2.45, 2.75) is 47.0 Å². The number of carbonyl (C=O) groups is 1. The van der Waals surface area contributed by atoms with Crippen molar-refractivity contribution in [3.8, 4) is 28.3 Å². The monoisotopic (exact) mass is 529 g/mol. The topological polar surface area (TPSA) is 67.0 Å². The van der Waals surface area contributed by atoms with E-state index in [0.29, 0.717) is 11.5 Å². The Morgan fingerprint density at radius 1 is 1.08 bits per heavy atom. The Balaban J connectivity index is 1.79. The highest BCUT2D eigenvalue weighted by molar-refractivity contribution is 6.04. The second-order valence-electron chi connectivity index (χ2n) is 9.51. The minimum Gasteiger partial charge on any atom is -0.496 e. The minimum absolute atomic E-state index is 0.143. The number of anilines is 1. The predicted octanol–water partition coefficient (Wildman–Crippen LogP) is 8.46. The number of allylic oxidation sites excluding steroid dienone is 1. The third-order valence-corrected chi connectivity index (χ3v) is 6.88. The Morgan fingerprint density at radius 3 is 2.49 bits per heavy atom. The first-order chi connectivity index (χ1) is 18.6. The van der Waals surface area contributed by atoms with Gasteiger partial charge in [-0.1, -0.05) is 55.5 Å². The Hall–Kier alpha value is -4.26. The summed E-state index contributed by atoms with van der Waals surface area (Å²) in [5.41, 5.74) is 6.69. The number of nitrogens with zero attached hydrogens (tertiary/aromatic N) is 1. The fraction of sp³-hybridized carbons (Fsp3) is 0.250. The van der Waals surface area contributed by atoms with Crippen LogP contribution in [-0.4, -0.2) is 23.0 Å². The van der Waals surface area contributed by atoms with Crippen LogP contribution in [-0.2, 0) is 5.92 Å². The second-order valence-corrected chi connectivity index (χ2v) is 9.51. The van der Waals surface area contributed by atoms with E-state index >= 15 is 0 Å². The molecule has 0 saturated heterocycles. The summed E-state index contributed by atoms with van der Waals surface area (Å²) >= 11 is 0. The zero-order valence-electron chi connectivity index (χ0n) is 23.1. The van der Waals surface area contributed by atoms with E-state index in [2.05, 4.69) is 34.3 Å². The number of imidazole rings is 1. The third kappa shape index (κ3) is 5.48. The van der Waals surface area contributed by atoms with Crippen LogP contribution < -0.4 is 10.1 Å². The van der Waals surface area contributed by atoms with E-state index in [9.17, 15) is 13.6 Å². The first kappa shape index (κ1) is 27.8. The van der Waals surface area contributed by atoms with Crippen molar-refractivity contribution in [3.05, 3.63) is 94.3 Å². The van der Waals surface area contributed by atoms with Crippen molar-refractivity contribution < 1.29 is 18.3 Å². The van der Waals surface area contributed by atoms with Crippen molar-refractivity contribution in [1.29, 1.82) is 0 Å². The molecule has 0 aliphatic rings. The van der Waals surface area contributed by atoms with Gasteiger partial charge >= 0.3 is 0 Å². The highest BCUT2D eigenvalue weighted by atomic mass is 19.3. The number of alkyl halides is 2. The van der Waals surface area contributed by atoms with Crippen molar-refractivity contribution >= 4 is 17.7 Å². The average molecular weight is 530 g/mol. The molecule has 5 nitrogen and oxygen atoms in total. The molecule has 1 heterocycles. The molecule has 7 heteroatoms. The summed E-state index contributed by atoms with van der Waals surface area (Å²) in [6, 6.07) is 15.8. The smallest absolute Gasteiger partial charge is 0.276 e. The molecule has 0 bridgehead atoms. The standard InChI is InChI=1S/C32H33F2N3O2/c1-7-12-22-17-26(39-6)28(25-16-10-9-13-19(25)3)20(4)27(22)30-35-21(5)29(37-30)31(38)36-24-15-11-14-23(18-24)32(33,34)8-2/h7,9-18H,8H2,1-6H3,(H,35,37)(H,36,38)/b12-7-. The van der Waals surface area contributed by atoms with Crippen molar-refractivity contribution in [1.82, 2.24) is 9.97 Å². The van der Waals surface area contributed by atoms with Gasteiger partial charge in [-0.3, -0.25) is 4.79 Å². The number of methoxy groups -OCH3 is 1. The quantitative estimate of drug-likeness (QED) is 0.241. The fourth-order valence-electron chi connectivity index (χ4n) is 4.81. The molecule has 0 spiro atoms. The van der Waals surface area contributed by atoms with Gasteiger partial charge in [0.25, 0.3) is 11.8 Å². The molecule has 0 saturated carbocycles. The number of amides is 1. The summed E-state index contributed by atoms with van der Waals surface area (Å²) < 4.78 is 34.2. The number of aryl methyl sites for hydroxylation is 2. The van der Waals surface area contributed by atoms with Crippen LogP contribution in [0.25, 0.3) is 28.6 Å². The van der Waals surface area contributed by atoms with E-state index < -0.39 is 11.8 Å². The molecule has 39 heavy (non-hydrogen) atoms. The Morgan fingerprint density at radius 2 is 1.82 bits per heavy atom. The SMILES string of the molecule is C/C=C\c1cc(OC)c(-c2ccccc2C)c(C)c1-c1nc(C(=O)Nc2cccc(C(F)(F)CC)c2)c(C)[nH]1. The molecule has 4 aromatic rings. The summed E-state index contributed by atoms with van der Waals surface area (Å²) in [4.78, 5) is 21.2. The van der Waals surface area contributed by atoms with Gasteiger partial charge in [0, 0.05) is 34.5 Å². The molecule has 1 aromatic heterocycles. The Kier molecular flexibility index (Phi) is 8.00. The van der Waals surface area contributed by atoms with Crippen LogP contribution in [0.15, 0.2) is 60.7 Å². The number of halogens is 2. The number of aromatic amines is 1. The van der Waals surface area contributed by atoms with Gasteiger partial charge in [0.05, 0.1) is 7.11 Å². The zero-order valence-corrected chi connectivity index (χ0v) is 23.1. The number of aromatic nitrogens is 2. The number of H-pyrrole nitrogens is 1. The van der Waals surface area contributed by atoms with Gasteiger partial charge in [0.2, 0.25) is 0 Å². The van der Waals surface area contributed by atoms with Crippen molar-refractivity contribution in [2.24, 2.45) is 0 Å². The van der Waals surface area contributed by atoms with E-state index in [4.69, 9.17) is 4.74 Å². The summed E-state index contributed by atoms with van der Waals surface area (Å²) in [7, 11) is 1.65. The molecule has 2 N–H and O–H groups in total. The van der Waals surface area contributed by atoms with E-state index in [1.54, 1.807) is 20.1 Å². The van der Waals surface area contributed by atoms with Crippen LogP contribution in [0.3, 0.4) is 0 Å². The molecule has 0 fully saturated rings. The van der Waals surface area contributed by atoms with E-state index in [1.807, 2.05) is 44.2 Å². The summed E-state index contributed by atoms with van der Waals surface area (Å²) in [6.07, 6.45) is 3.59. The number of ether oxygens (including phenoxy) is 1. The summed E-state index contributed by atoms with van der Waals surface area (Å²) in [5.74, 6) is -2.18. The van der Waals surface area contributed by atoms with Gasteiger partial charge in [-0.15, -0.1) is 0 Å². The number of rotatable bonds is 8. The maximum atomic E-state index is 14.2. The lowest BCUT2D eigenvalue weighted by atomic mass is 9.89. The predicted molar refractivity (Wildman–Crippen MR) is 154 cm³/mol. The molecule has 0 radical (unpaired) electrons. The van der Waals surface area contributed by atoms with Crippen LogP contribution in [0.2, 0.25) is 0 Å².